The molecule has 0 saturated carbocycles. The topological polar surface area (TPSA) is 54.9 Å². The molecule has 0 unspecified atom stereocenters. The molecule has 0 aliphatic carbocycles. The highest BCUT2D eigenvalue weighted by molar-refractivity contribution is 14.0. The lowest BCUT2D eigenvalue weighted by atomic mass is 10.1. The molecule has 0 saturated heterocycles. The van der Waals surface area contributed by atoms with Gasteiger partial charge in [0.15, 0.2) is 12.6 Å². The van der Waals surface area contributed by atoms with Crippen LogP contribution in [0.4, 0.5) is 13.2 Å². The molecule has 2 N–H and O–H groups in total. The zero-order valence-electron chi connectivity index (χ0n) is 16.3. The average Bonchev–Trinajstić information content (AvgIpc) is 2.69. The predicted molar refractivity (Wildman–Crippen MR) is 118 cm³/mol. The second kappa shape index (κ2) is 12.4. The Kier molecular flexibility index (Phi) is 10.6. The summed E-state index contributed by atoms with van der Waals surface area (Å²) in [6.45, 7) is -0.262. The van der Waals surface area contributed by atoms with Crippen LogP contribution in [-0.4, -0.2) is 39.4 Å². The molecule has 0 spiro atoms. The largest absolute Gasteiger partial charge is 0.496 e. The maximum Gasteiger partial charge on any atom is 0.422 e. The fourth-order valence-electron chi connectivity index (χ4n) is 2.54. The molecule has 2 rings (SSSR count). The van der Waals surface area contributed by atoms with E-state index in [-0.39, 0.29) is 29.7 Å². The minimum atomic E-state index is -4.36. The van der Waals surface area contributed by atoms with Gasteiger partial charge in [0.2, 0.25) is 0 Å². The van der Waals surface area contributed by atoms with E-state index in [1.165, 1.54) is 6.07 Å². The molecule has 0 atom stereocenters. The molecular formula is C20H25F3IN3O2. The van der Waals surface area contributed by atoms with E-state index in [9.17, 15) is 13.2 Å². The number of ether oxygens (including phenoxy) is 2. The van der Waals surface area contributed by atoms with Gasteiger partial charge in [-0.15, -0.1) is 24.0 Å². The van der Waals surface area contributed by atoms with Crippen LogP contribution < -0.4 is 20.1 Å². The van der Waals surface area contributed by atoms with Crippen LogP contribution in [0.3, 0.4) is 0 Å². The molecule has 29 heavy (non-hydrogen) atoms. The molecular weight excluding hydrogens is 498 g/mol. The van der Waals surface area contributed by atoms with Crippen molar-refractivity contribution in [3.05, 3.63) is 59.7 Å². The van der Waals surface area contributed by atoms with Gasteiger partial charge in [-0.1, -0.05) is 30.3 Å². The zero-order chi connectivity index (χ0) is 20.4. The lowest BCUT2D eigenvalue weighted by molar-refractivity contribution is -0.153. The van der Waals surface area contributed by atoms with Gasteiger partial charge in [0.05, 0.1) is 7.11 Å². The first kappa shape index (κ1) is 24.9. The van der Waals surface area contributed by atoms with E-state index in [4.69, 9.17) is 9.47 Å². The molecule has 0 radical (unpaired) electrons. The molecule has 160 valence electrons. The molecule has 0 aliphatic heterocycles. The summed E-state index contributed by atoms with van der Waals surface area (Å²) in [4.78, 5) is 4.15. The number of para-hydroxylation sites is 1. The maximum absolute atomic E-state index is 12.3. The Morgan fingerprint density at radius 3 is 2.52 bits per heavy atom. The molecule has 5 nitrogen and oxygen atoms in total. The van der Waals surface area contributed by atoms with Crippen LogP contribution in [0.25, 0.3) is 0 Å². The van der Waals surface area contributed by atoms with Crippen LogP contribution in [0, 0.1) is 0 Å². The van der Waals surface area contributed by atoms with Crippen LogP contribution in [0.5, 0.6) is 11.5 Å². The second-order valence-corrected chi connectivity index (χ2v) is 5.97. The van der Waals surface area contributed by atoms with E-state index < -0.39 is 12.8 Å². The first-order valence-electron chi connectivity index (χ1n) is 8.76. The van der Waals surface area contributed by atoms with Crippen LogP contribution in [0.15, 0.2) is 53.5 Å². The Balaban J connectivity index is 0.00000420. The second-order valence-electron chi connectivity index (χ2n) is 5.97. The standard InChI is InChI=1S/C20H24F3N3O2.HI/c1-24-19(25-11-10-16-7-3-4-9-18(16)27-2)26-13-15-6-5-8-17(12-15)28-14-20(21,22)23;/h3-9,12H,10-11,13-14H2,1-2H3,(H2,24,25,26);1H. The normalized spacial score (nSPS) is 11.4. The van der Waals surface area contributed by atoms with Gasteiger partial charge in [-0.2, -0.15) is 13.2 Å². The van der Waals surface area contributed by atoms with Crippen molar-refractivity contribution in [2.45, 2.75) is 19.1 Å². The molecule has 0 heterocycles. The van der Waals surface area contributed by atoms with Crippen molar-refractivity contribution in [2.24, 2.45) is 4.99 Å². The Morgan fingerprint density at radius 1 is 1.07 bits per heavy atom. The maximum atomic E-state index is 12.3. The van der Waals surface area contributed by atoms with Crippen LogP contribution in [0.1, 0.15) is 11.1 Å². The fraction of sp³-hybridized carbons (Fsp3) is 0.350. The zero-order valence-corrected chi connectivity index (χ0v) is 18.6. The summed E-state index contributed by atoms with van der Waals surface area (Å²) in [7, 11) is 3.29. The SMILES string of the molecule is CN=C(NCCc1ccccc1OC)NCc1cccc(OCC(F)(F)F)c1.I. The van der Waals surface area contributed by atoms with Crippen molar-refractivity contribution in [1.82, 2.24) is 10.6 Å². The van der Waals surface area contributed by atoms with Crippen molar-refractivity contribution >= 4 is 29.9 Å². The van der Waals surface area contributed by atoms with E-state index in [1.807, 2.05) is 24.3 Å². The molecule has 2 aromatic rings. The number of alkyl halides is 3. The Hall–Kier alpha value is -2.17. The summed E-state index contributed by atoms with van der Waals surface area (Å²) in [5, 5.41) is 6.33. The molecule has 0 bridgehead atoms. The molecule has 2 aromatic carbocycles. The number of halogens is 4. The Morgan fingerprint density at radius 2 is 1.83 bits per heavy atom. The number of hydrogen-bond acceptors (Lipinski definition) is 3. The summed E-state index contributed by atoms with van der Waals surface area (Å²) < 4.78 is 46.9. The minimum Gasteiger partial charge on any atom is -0.496 e. The molecule has 9 heteroatoms. The lowest BCUT2D eigenvalue weighted by Gasteiger charge is -2.14. The van der Waals surface area contributed by atoms with Gasteiger partial charge in [-0.05, 0) is 35.7 Å². The van der Waals surface area contributed by atoms with Gasteiger partial charge in [0, 0.05) is 20.1 Å². The number of guanidine groups is 1. The van der Waals surface area contributed by atoms with Gasteiger partial charge in [-0.25, -0.2) is 0 Å². The first-order valence-corrected chi connectivity index (χ1v) is 8.76. The number of methoxy groups -OCH3 is 1. The van der Waals surface area contributed by atoms with Gasteiger partial charge in [0.1, 0.15) is 11.5 Å². The predicted octanol–water partition coefficient (Wildman–Crippen LogP) is 4.16. The fourth-order valence-corrected chi connectivity index (χ4v) is 2.54. The monoisotopic (exact) mass is 523 g/mol. The highest BCUT2D eigenvalue weighted by Gasteiger charge is 2.28. The van der Waals surface area contributed by atoms with Gasteiger partial charge < -0.3 is 20.1 Å². The number of nitrogens with zero attached hydrogens (tertiary/aromatic N) is 1. The summed E-state index contributed by atoms with van der Waals surface area (Å²) in [5.41, 5.74) is 1.87. The summed E-state index contributed by atoms with van der Waals surface area (Å²) in [6.07, 6.45) is -3.60. The lowest BCUT2D eigenvalue weighted by Crippen LogP contribution is -2.37. The third-order valence-electron chi connectivity index (χ3n) is 3.86. The minimum absolute atomic E-state index is 0. The van der Waals surface area contributed by atoms with Crippen LogP contribution in [-0.2, 0) is 13.0 Å². The van der Waals surface area contributed by atoms with Gasteiger partial charge >= 0.3 is 6.18 Å². The van der Waals surface area contributed by atoms with E-state index >= 15 is 0 Å². The smallest absolute Gasteiger partial charge is 0.422 e. The van der Waals surface area contributed by atoms with Crippen molar-refractivity contribution in [3.63, 3.8) is 0 Å². The number of nitrogens with one attached hydrogen (secondary N) is 2. The van der Waals surface area contributed by atoms with E-state index in [0.29, 0.717) is 19.0 Å². The van der Waals surface area contributed by atoms with Crippen LogP contribution in [0.2, 0.25) is 0 Å². The molecule has 0 aliphatic rings. The number of benzene rings is 2. The van der Waals surface area contributed by atoms with Crippen molar-refractivity contribution in [2.75, 3.05) is 27.3 Å². The molecule has 0 amide bonds. The molecule has 0 fully saturated rings. The van der Waals surface area contributed by atoms with Crippen molar-refractivity contribution in [1.29, 1.82) is 0 Å². The summed E-state index contributed by atoms with van der Waals surface area (Å²) in [6, 6.07) is 14.3. The van der Waals surface area contributed by atoms with Crippen molar-refractivity contribution in [3.8, 4) is 11.5 Å². The Bertz CT molecular complexity index is 786. The van der Waals surface area contributed by atoms with E-state index in [0.717, 1.165) is 23.3 Å². The molecule has 0 aromatic heterocycles. The quantitative estimate of drug-likeness (QED) is 0.310. The van der Waals surface area contributed by atoms with Gasteiger partial charge in [-0.3, -0.25) is 4.99 Å². The summed E-state index contributed by atoms with van der Waals surface area (Å²) >= 11 is 0. The first-order chi connectivity index (χ1) is 13.4. The Labute approximate surface area is 185 Å². The number of hydrogen-bond donors (Lipinski definition) is 2. The van der Waals surface area contributed by atoms with E-state index in [2.05, 4.69) is 15.6 Å². The average molecular weight is 523 g/mol. The third-order valence-corrected chi connectivity index (χ3v) is 3.86. The van der Waals surface area contributed by atoms with Crippen molar-refractivity contribution < 1.29 is 22.6 Å². The number of aliphatic imine (C=N–C) groups is 1. The highest BCUT2D eigenvalue weighted by Crippen LogP contribution is 2.19. The van der Waals surface area contributed by atoms with Gasteiger partial charge in [0.25, 0.3) is 0 Å². The van der Waals surface area contributed by atoms with Crippen LogP contribution >= 0.6 is 24.0 Å². The number of rotatable bonds is 8. The van der Waals surface area contributed by atoms with E-state index in [1.54, 1.807) is 32.4 Å². The third kappa shape index (κ3) is 9.25. The summed E-state index contributed by atoms with van der Waals surface area (Å²) in [5.74, 6) is 1.61. The highest BCUT2D eigenvalue weighted by atomic mass is 127.